The Kier molecular flexibility index (Phi) is 5.99. The Balaban J connectivity index is 2.45. The third-order valence-electron chi connectivity index (χ3n) is 2.57. The van der Waals surface area contributed by atoms with Crippen LogP contribution in [0.3, 0.4) is 0 Å². The summed E-state index contributed by atoms with van der Waals surface area (Å²) in [5, 5.41) is 3.30. The van der Waals surface area contributed by atoms with E-state index in [-0.39, 0.29) is 5.82 Å². The smallest absolute Gasteiger partial charge is 0.124 e. The van der Waals surface area contributed by atoms with Gasteiger partial charge in [-0.3, -0.25) is 0 Å². The lowest BCUT2D eigenvalue weighted by molar-refractivity contribution is 0.502. The van der Waals surface area contributed by atoms with Crippen molar-refractivity contribution in [3.05, 3.63) is 34.1 Å². The van der Waals surface area contributed by atoms with Gasteiger partial charge in [-0.2, -0.15) is 0 Å². The highest BCUT2D eigenvalue weighted by Gasteiger charge is 2.05. The quantitative estimate of drug-likeness (QED) is 0.786. The van der Waals surface area contributed by atoms with Crippen molar-refractivity contribution in [3.63, 3.8) is 0 Å². The molecule has 1 unspecified atom stereocenters. The first-order chi connectivity index (χ1) is 7.61. The number of hydrogen-bond donors (Lipinski definition) is 1. The molecule has 0 aliphatic rings. The van der Waals surface area contributed by atoms with Gasteiger partial charge in [0.15, 0.2) is 0 Å². The molecule has 0 aromatic heterocycles. The molecule has 1 N–H and O–H groups in total. The molecular weight excluding hydrogens is 269 g/mol. The van der Waals surface area contributed by atoms with Gasteiger partial charge in [0.05, 0.1) is 0 Å². The van der Waals surface area contributed by atoms with Gasteiger partial charge in [0, 0.05) is 4.47 Å². The van der Waals surface area contributed by atoms with E-state index in [4.69, 9.17) is 0 Å². The minimum absolute atomic E-state index is 0.164. The molecule has 16 heavy (non-hydrogen) atoms. The van der Waals surface area contributed by atoms with Crippen LogP contribution in [0.4, 0.5) is 4.39 Å². The normalized spacial score (nSPS) is 12.8. The molecule has 3 heteroatoms. The van der Waals surface area contributed by atoms with Crippen molar-refractivity contribution in [1.29, 1.82) is 0 Å². The van der Waals surface area contributed by atoms with E-state index >= 15 is 0 Å². The zero-order chi connectivity index (χ0) is 12.0. The molecule has 1 nitrogen and oxygen atoms in total. The molecule has 0 fully saturated rings. The van der Waals surface area contributed by atoms with Crippen LogP contribution in [0.25, 0.3) is 0 Å². The fraction of sp³-hybridized carbons (Fsp3) is 0.538. The monoisotopic (exact) mass is 287 g/mol. The van der Waals surface area contributed by atoms with E-state index in [0.29, 0.717) is 5.92 Å². The maximum Gasteiger partial charge on any atom is 0.124 e. The maximum atomic E-state index is 13.1. The summed E-state index contributed by atoms with van der Waals surface area (Å²) >= 11 is 3.31. The lowest BCUT2D eigenvalue weighted by Crippen LogP contribution is -2.17. The first-order valence-electron chi connectivity index (χ1n) is 5.77. The lowest BCUT2D eigenvalue weighted by atomic mass is 9.98. The number of rotatable bonds is 6. The van der Waals surface area contributed by atoms with Crippen LogP contribution in [0, 0.1) is 11.7 Å². The molecule has 0 amide bonds. The molecule has 1 rings (SSSR count). The molecule has 0 heterocycles. The number of halogens is 2. The zero-order valence-electron chi connectivity index (χ0n) is 9.89. The van der Waals surface area contributed by atoms with Crippen molar-refractivity contribution in [2.24, 2.45) is 5.92 Å². The van der Waals surface area contributed by atoms with Crippen LogP contribution >= 0.6 is 15.9 Å². The van der Waals surface area contributed by atoms with Gasteiger partial charge in [-0.25, -0.2) is 4.39 Å². The van der Waals surface area contributed by atoms with Gasteiger partial charge in [-0.05, 0) is 55.6 Å². The van der Waals surface area contributed by atoms with Crippen LogP contribution in [0.5, 0.6) is 0 Å². The van der Waals surface area contributed by atoms with E-state index in [9.17, 15) is 4.39 Å². The predicted octanol–water partition coefficient (Wildman–Crippen LogP) is 3.77. The van der Waals surface area contributed by atoms with Crippen LogP contribution in [0.2, 0.25) is 0 Å². The Bertz CT molecular complexity index is 307. The van der Waals surface area contributed by atoms with Crippen molar-refractivity contribution in [3.8, 4) is 0 Å². The minimum atomic E-state index is -0.164. The van der Waals surface area contributed by atoms with Crippen molar-refractivity contribution >= 4 is 15.9 Å². The molecule has 0 saturated heterocycles. The van der Waals surface area contributed by atoms with E-state index in [2.05, 4.69) is 35.1 Å². The lowest BCUT2D eigenvalue weighted by Gasteiger charge is -2.12. The van der Waals surface area contributed by atoms with Gasteiger partial charge in [0.1, 0.15) is 5.82 Å². The molecule has 0 bridgehead atoms. The van der Waals surface area contributed by atoms with E-state index < -0.39 is 0 Å². The van der Waals surface area contributed by atoms with E-state index in [1.807, 2.05) is 6.07 Å². The standard InChI is InChI=1S/C13H19BrFN/c1-3-16-5-4-10(2)6-11-7-12(14)9-13(15)8-11/h7-10,16H,3-6H2,1-2H3. The summed E-state index contributed by atoms with van der Waals surface area (Å²) in [6, 6.07) is 5.11. The van der Waals surface area contributed by atoms with Crippen molar-refractivity contribution in [2.75, 3.05) is 13.1 Å². The summed E-state index contributed by atoms with van der Waals surface area (Å²) in [4.78, 5) is 0. The third-order valence-corrected chi connectivity index (χ3v) is 3.03. The van der Waals surface area contributed by atoms with Gasteiger partial charge >= 0.3 is 0 Å². The van der Waals surface area contributed by atoms with Crippen LogP contribution in [0.15, 0.2) is 22.7 Å². The van der Waals surface area contributed by atoms with Crippen LogP contribution < -0.4 is 5.32 Å². The highest BCUT2D eigenvalue weighted by atomic mass is 79.9. The summed E-state index contributed by atoms with van der Waals surface area (Å²) in [7, 11) is 0. The average molecular weight is 288 g/mol. The van der Waals surface area contributed by atoms with Crippen LogP contribution in [-0.4, -0.2) is 13.1 Å². The van der Waals surface area contributed by atoms with E-state index in [0.717, 1.165) is 36.0 Å². The fourth-order valence-electron chi connectivity index (χ4n) is 1.76. The second-order valence-electron chi connectivity index (χ2n) is 4.23. The molecule has 0 saturated carbocycles. The summed E-state index contributed by atoms with van der Waals surface area (Å²) in [6.07, 6.45) is 2.06. The Morgan fingerprint density at radius 2 is 2.12 bits per heavy atom. The number of benzene rings is 1. The van der Waals surface area contributed by atoms with Gasteiger partial charge in [-0.15, -0.1) is 0 Å². The molecular formula is C13H19BrFN. The number of hydrogen-bond acceptors (Lipinski definition) is 1. The van der Waals surface area contributed by atoms with Crippen molar-refractivity contribution in [2.45, 2.75) is 26.7 Å². The van der Waals surface area contributed by atoms with Gasteiger partial charge in [0.2, 0.25) is 0 Å². The molecule has 90 valence electrons. The Labute approximate surface area is 106 Å². The summed E-state index contributed by atoms with van der Waals surface area (Å²) in [5.74, 6) is 0.413. The summed E-state index contributed by atoms with van der Waals surface area (Å²) in [6.45, 7) is 6.36. The Morgan fingerprint density at radius 1 is 1.38 bits per heavy atom. The second-order valence-corrected chi connectivity index (χ2v) is 5.14. The van der Waals surface area contributed by atoms with Crippen molar-refractivity contribution in [1.82, 2.24) is 5.32 Å². The maximum absolute atomic E-state index is 13.1. The molecule has 1 aromatic carbocycles. The van der Waals surface area contributed by atoms with E-state index in [1.165, 1.54) is 6.07 Å². The summed E-state index contributed by atoms with van der Waals surface area (Å²) < 4.78 is 14.0. The van der Waals surface area contributed by atoms with Crippen LogP contribution in [0.1, 0.15) is 25.8 Å². The Hall–Kier alpha value is -0.410. The summed E-state index contributed by atoms with van der Waals surface area (Å²) in [5.41, 5.74) is 1.07. The predicted molar refractivity (Wildman–Crippen MR) is 70.1 cm³/mol. The zero-order valence-corrected chi connectivity index (χ0v) is 11.5. The van der Waals surface area contributed by atoms with Gasteiger partial charge < -0.3 is 5.32 Å². The highest BCUT2D eigenvalue weighted by molar-refractivity contribution is 9.10. The minimum Gasteiger partial charge on any atom is -0.317 e. The van der Waals surface area contributed by atoms with E-state index in [1.54, 1.807) is 6.07 Å². The SMILES string of the molecule is CCNCCC(C)Cc1cc(F)cc(Br)c1. The van der Waals surface area contributed by atoms with Crippen LogP contribution in [-0.2, 0) is 6.42 Å². The molecule has 0 aliphatic carbocycles. The molecule has 0 radical (unpaired) electrons. The first-order valence-corrected chi connectivity index (χ1v) is 6.56. The topological polar surface area (TPSA) is 12.0 Å². The van der Waals surface area contributed by atoms with Gasteiger partial charge in [0.25, 0.3) is 0 Å². The first kappa shape index (κ1) is 13.7. The second kappa shape index (κ2) is 7.02. The Morgan fingerprint density at radius 3 is 2.75 bits per heavy atom. The fourth-order valence-corrected chi connectivity index (χ4v) is 2.27. The third kappa shape index (κ3) is 5.08. The molecule has 1 atom stereocenters. The molecule has 0 spiro atoms. The van der Waals surface area contributed by atoms with Crippen molar-refractivity contribution < 1.29 is 4.39 Å². The largest absolute Gasteiger partial charge is 0.317 e. The average Bonchev–Trinajstić information content (AvgIpc) is 2.16. The molecule has 1 aromatic rings. The molecule has 0 aliphatic heterocycles. The van der Waals surface area contributed by atoms with Gasteiger partial charge in [-0.1, -0.05) is 29.8 Å². The highest BCUT2D eigenvalue weighted by Crippen LogP contribution is 2.18. The number of nitrogens with one attached hydrogen (secondary N) is 1.